The van der Waals surface area contributed by atoms with Crippen LogP contribution in [0.1, 0.15) is 32.6 Å². The molecule has 3 N–H and O–H groups in total. The number of ether oxygens (including phenoxy) is 1. The van der Waals surface area contributed by atoms with Crippen LogP contribution in [-0.4, -0.2) is 58.8 Å². The lowest BCUT2D eigenvalue weighted by atomic mass is 9.67. The van der Waals surface area contributed by atoms with E-state index in [0.717, 1.165) is 32.1 Å². The number of aromatic nitrogens is 1. The Kier molecular flexibility index (Phi) is 10.8. The summed E-state index contributed by atoms with van der Waals surface area (Å²) < 4.78 is 34.0. The molecule has 1 aromatic heterocycles. The average Bonchev–Trinajstić information content (AvgIpc) is 3.04. The van der Waals surface area contributed by atoms with Gasteiger partial charge in [-0.3, -0.25) is 4.99 Å². The predicted molar refractivity (Wildman–Crippen MR) is 123 cm³/mol. The minimum atomic E-state index is -3.48. The van der Waals surface area contributed by atoms with Crippen molar-refractivity contribution in [3.8, 4) is 0 Å². The van der Waals surface area contributed by atoms with Gasteiger partial charge in [0.25, 0.3) is 0 Å². The highest BCUT2D eigenvalue weighted by molar-refractivity contribution is 14.0. The summed E-state index contributed by atoms with van der Waals surface area (Å²) in [5, 5.41) is 6.42. The fraction of sp³-hybridized carbons (Fsp3) is 0.722. The number of aryl methyl sites for hydroxylation is 1. The lowest BCUT2D eigenvalue weighted by Crippen LogP contribution is -2.43. The first-order valence-corrected chi connectivity index (χ1v) is 11.0. The van der Waals surface area contributed by atoms with Crippen molar-refractivity contribution in [1.82, 2.24) is 19.9 Å². The van der Waals surface area contributed by atoms with Gasteiger partial charge in [-0.25, -0.2) is 13.1 Å². The topological polar surface area (TPSA) is 96.8 Å². The highest BCUT2D eigenvalue weighted by atomic mass is 127. The Hall–Kier alpha value is -0.850. The summed E-state index contributed by atoms with van der Waals surface area (Å²) in [6, 6.07) is 1.58. The van der Waals surface area contributed by atoms with Crippen LogP contribution in [0.5, 0.6) is 0 Å². The third kappa shape index (κ3) is 7.53. The molecule has 162 valence electrons. The Bertz CT molecular complexity index is 717. The van der Waals surface area contributed by atoms with Crippen molar-refractivity contribution in [3.05, 3.63) is 18.5 Å². The van der Waals surface area contributed by atoms with E-state index in [1.54, 1.807) is 37.2 Å². The van der Waals surface area contributed by atoms with Gasteiger partial charge < -0.3 is 19.9 Å². The average molecular weight is 527 g/mol. The molecule has 8 nitrogen and oxygen atoms in total. The number of sulfonamides is 1. The molecule has 0 amide bonds. The molecule has 1 aliphatic carbocycles. The molecule has 28 heavy (non-hydrogen) atoms. The number of nitrogens with zero attached hydrogens (tertiary/aromatic N) is 2. The quantitative estimate of drug-likeness (QED) is 0.176. The summed E-state index contributed by atoms with van der Waals surface area (Å²) in [7, 11) is 0.0515. The molecule has 0 saturated heterocycles. The van der Waals surface area contributed by atoms with Crippen molar-refractivity contribution in [2.75, 3.05) is 39.9 Å². The summed E-state index contributed by atoms with van der Waals surface area (Å²) in [6.07, 6.45) is 7.96. The zero-order valence-electron chi connectivity index (χ0n) is 17.0. The van der Waals surface area contributed by atoms with Crippen molar-refractivity contribution in [2.45, 2.75) is 37.5 Å². The standard InChI is InChI=1S/C18H33N5O3S.HI/c1-4-19-17(21-15-18(7-5-8-18)9-13-26-3)20-10-11-22-27(24,25)16-6-12-23(2)14-16;/h6,12,14,22H,4-5,7-11,13,15H2,1-3H3,(H2,19,20,21);1H. The number of guanidine groups is 1. The van der Waals surface area contributed by atoms with E-state index in [1.165, 1.54) is 19.3 Å². The molecular formula is C18H34IN5O3S. The van der Waals surface area contributed by atoms with Crippen molar-refractivity contribution in [1.29, 1.82) is 0 Å². The fourth-order valence-electron chi connectivity index (χ4n) is 3.16. The minimum absolute atomic E-state index is 0. The van der Waals surface area contributed by atoms with E-state index in [0.29, 0.717) is 6.54 Å². The molecule has 0 aliphatic heterocycles. The molecule has 0 atom stereocenters. The van der Waals surface area contributed by atoms with Crippen LogP contribution in [0.4, 0.5) is 0 Å². The van der Waals surface area contributed by atoms with E-state index in [1.807, 2.05) is 6.92 Å². The largest absolute Gasteiger partial charge is 0.385 e. The van der Waals surface area contributed by atoms with Crippen molar-refractivity contribution >= 4 is 40.0 Å². The molecule has 1 aromatic rings. The van der Waals surface area contributed by atoms with Crippen molar-refractivity contribution in [3.63, 3.8) is 0 Å². The van der Waals surface area contributed by atoms with Crippen molar-refractivity contribution < 1.29 is 13.2 Å². The van der Waals surface area contributed by atoms with Crippen LogP contribution in [-0.2, 0) is 21.8 Å². The lowest BCUT2D eigenvalue weighted by molar-refractivity contribution is 0.0778. The Balaban J connectivity index is 0.00000392. The summed E-state index contributed by atoms with van der Waals surface area (Å²) in [6.45, 7) is 5.05. The molecule has 1 saturated carbocycles. The SMILES string of the molecule is CCNC(=NCC1(CCOC)CCC1)NCCNS(=O)(=O)c1ccn(C)c1.I. The van der Waals surface area contributed by atoms with Gasteiger partial charge in [-0.1, -0.05) is 6.42 Å². The summed E-state index contributed by atoms with van der Waals surface area (Å²) in [5.41, 5.74) is 0.257. The molecule has 0 unspecified atom stereocenters. The highest BCUT2D eigenvalue weighted by Gasteiger charge is 2.36. The van der Waals surface area contributed by atoms with Gasteiger partial charge >= 0.3 is 0 Å². The Morgan fingerprint density at radius 1 is 1.32 bits per heavy atom. The van der Waals surface area contributed by atoms with E-state index in [2.05, 4.69) is 15.4 Å². The number of halogens is 1. The second-order valence-electron chi connectivity index (χ2n) is 7.13. The molecule has 0 spiro atoms. The summed E-state index contributed by atoms with van der Waals surface area (Å²) in [5.74, 6) is 0.722. The number of methoxy groups -OCH3 is 1. The van der Waals surface area contributed by atoms with Gasteiger partial charge in [0.1, 0.15) is 0 Å². The van der Waals surface area contributed by atoms with Crippen LogP contribution in [0.2, 0.25) is 0 Å². The van der Waals surface area contributed by atoms with Crippen LogP contribution in [0, 0.1) is 5.41 Å². The van der Waals surface area contributed by atoms with E-state index < -0.39 is 10.0 Å². The summed E-state index contributed by atoms with van der Waals surface area (Å²) in [4.78, 5) is 4.99. The number of rotatable bonds is 11. The fourth-order valence-corrected chi connectivity index (χ4v) is 4.24. The van der Waals surface area contributed by atoms with Crippen LogP contribution < -0.4 is 15.4 Å². The monoisotopic (exact) mass is 527 g/mol. The maximum absolute atomic E-state index is 12.2. The van der Waals surface area contributed by atoms with Crippen molar-refractivity contribution in [2.24, 2.45) is 17.5 Å². The van der Waals surface area contributed by atoms with Gasteiger partial charge in [-0.15, -0.1) is 24.0 Å². The molecule has 0 radical (unpaired) electrons. The smallest absolute Gasteiger partial charge is 0.242 e. The molecule has 1 aliphatic rings. The van der Waals surface area contributed by atoms with Gasteiger partial charge in [0.2, 0.25) is 10.0 Å². The Morgan fingerprint density at radius 2 is 2.07 bits per heavy atom. The first-order chi connectivity index (χ1) is 12.9. The van der Waals surface area contributed by atoms with E-state index in [4.69, 9.17) is 9.73 Å². The number of nitrogens with one attached hydrogen (secondary N) is 3. The number of aliphatic imine (C=N–C) groups is 1. The van der Waals surface area contributed by atoms with Crippen LogP contribution >= 0.6 is 24.0 Å². The first kappa shape index (κ1) is 25.2. The maximum atomic E-state index is 12.2. The van der Waals surface area contributed by atoms with Gasteiger partial charge in [-0.05, 0) is 37.7 Å². The lowest BCUT2D eigenvalue weighted by Gasteiger charge is -2.40. The van der Waals surface area contributed by atoms with E-state index >= 15 is 0 Å². The zero-order valence-corrected chi connectivity index (χ0v) is 20.2. The number of hydrogen-bond donors (Lipinski definition) is 3. The van der Waals surface area contributed by atoms with Gasteiger partial charge in [0, 0.05) is 59.3 Å². The molecule has 0 aromatic carbocycles. The minimum Gasteiger partial charge on any atom is -0.385 e. The second-order valence-corrected chi connectivity index (χ2v) is 8.90. The normalized spacial score (nSPS) is 16.2. The van der Waals surface area contributed by atoms with Crippen LogP contribution in [0.25, 0.3) is 0 Å². The maximum Gasteiger partial charge on any atom is 0.242 e. The Labute approximate surface area is 186 Å². The molecule has 1 fully saturated rings. The third-order valence-corrected chi connectivity index (χ3v) is 6.44. The van der Waals surface area contributed by atoms with Gasteiger partial charge in [0.05, 0.1) is 4.90 Å². The first-order valence-electron chi connectivity index (χ1n) is 9.53. The van der Waals surface area contributed by atoms with Crippen LogP contribution in [0.15, 0.2) is 28.3 Å². The second kappa shape index (κ2) is 12.0. The highest BCUT2D eigenvalue weighted by Crippen LogP contribution is 2.44. The van der Waals surface area contributed by atoms with Crippen LogP contribution in [0.3, 0.4) is 0 Å². The van der Waals surface area contributed by atoms with Gasteiger partial charge in [0.15, 0.2) is 5.96 Å². The summed E-state index contributed by atoms with van der Waals surface area (Å²) >= 11 is 0. The molecule has 2 rings (SSSR count). The van der Waals surface area contributed by atoms with E-state index in [-0.39, 0.29) is 40.8 Å². The molecule has 1 heterocycles. The predicted octanol–water partition coefficient (Wildman–Crippen LogP) is 1.68. The molecule has 10 heteroatoms. The van der Waals surface area contributed by atoms with E-state index in [9.17, 15) is 8.42 Å². The zero-order chi connectivity index (χ0) is 19.8. The Morgan fingerprint density at radius 3 is 2.61 bits per heavy atom. The number of hydrogen-bond acceptors (Lipinski definition) is 4. The third-order valence-electron chi connectivity index (χ3n) is 4.99. The molecular weight excluding hydrogens is 493 g/mol. The molecule has 0 bridgehead atoms. The van der Waals surface area contributed by atoms with Gasteiger partial charge in [-0.2, -0.15) is 0 Å².